The molecule has 8 heteroatoms. The Hall–Kier alpha value is -1.76. The van der Waals surface area contributed by atoms with E-state index in [-0.39, 0.29) is 15.7 Å². The molecule has 0 aliphatic rings. The molecule has 0 spiro atoms. The maximum Gasteiger partial charge on any atom is 0.245 e. The fourth-order valence-electron chi connectivity index (χ4n) is 1.94. The SMILES string of the molecule is CS(=O)(=O)N(CC(=O)Nc1ccccc1)c1c(Cl)cccc1Cl. The zero-order chi connectivity index (χ0) is 17.0. The number of sulfonamides is 1. The molecule has 23 heavy (non-hydrogen) atoms. The number of amides is 1. The van der Waals surface area contributed by atoms with Gasteiger partial charge in [-0.15, -0.1) is 0 Å². The van der Waals surface area contributed by atoms with Crippen LogP contribution in [-0.2, 0) is 14.8 Å². The van der Waals surface area contributed by atoms with E-state index in [9.17, 15) is 13.2 Å². The Morgan fingerprint density at radius 3 is 2.13 bits per heavy atom. The Morgan fingerprint density at radius 2 is 1.61 bits per heavy atom. The quantitative estimate of drug-likeness (QED) is 0.874. The second-order valence-corrected chi connectivity index (χ2v) is 7.48. The number of hydrogen-bond acceptors (Lipinski definition) is 3. The van der Waals surface area contributed by atoms with Crippen LogP contribution in [0.5, 0.6) is 0 Å². The Bertz CT molecular complexity index is 790. The molecule has 0 unspecified atom stereocenters. The number of benzene rings is 2. The Balaban J connectivity index is 2.29. The van der Waals surface area contributed by atoms with Gasteiger partial charge < -0.3 is 5.32 Å². The summed E-state index contributed by atoms with van der Waals surface area (Å²) in [7, 11) is -3.75. The summed E-state index contributed by atoms with van der Waals surface area (Å²) in [5.74, 6) is -0.502. The highest BCUT2D eigenvalue weighted by molar-refractivity contribution is 7.92. The van der Waals surface area contributed by atoms with Crippen molar-refractivity contribution in [2.45, 2.75) is 0 Å². The lowest BCUT2D eigenvalue weighted by Crippen LogP contribution is -2.37. The molecule has 1 amide bonds. The molecule has 1 N–H and O–H groups in total. The third kappa shape index (κ3) is 4.60. The molecule has 0 radical (unpaired) electrons. The molecule has 0 aliphatic carbocycles. The number of nitrogens with one attached hydrogen (secondary N) is 1. The summed E-state index contributed by atoms with van der Waals surface area (Å²) in [6, 6.07) is 13.3. The van der Waals surface area contributed by atoms with Crippen molar-refractivity contribution < 1.29 is 13.2 Å². The maximum absolute atomic E-state index is 12.2. The van der Waals surface area contributed by atoms with E-state index in [2.05, 4.69) is 5.32 Å². The van der Waals surface area contributed by atoms with E-state index in [0.717, 1.165) is 10.6 Å². The zero-order valence-corrected chi connectivity index (χ0v) is 14.5. The number of hydrogen-bond donors (Lipinski definition) is 1. The summed E-state index contributed by atoms with van der Waals surface area (Å²) in [5.41, 5.74) is 0.651. The second kappa shape index (κ2) is 7.21. The summed E-state index contributed by atoms with van der Waals surface area (Å²) >= 11 is 12.1. The predicted octanol–water partition coefficient (Wildman–Crippen LogP) is 3.40. The van der Waals surface area contributed by atoms with Crippen molar-refractivity contribution in [3.63, 3.8) is 0 Å². The largest absolute Gasteiger partial charge is 0.325 e. The number of nitrogens with zero attached hydrogens (tertiary/aromatic N) is 1. The summed E-state index contributed by atoms with van der Waals surface area (Å²) < 4.78 is 25.0. The smallest absolute Gasteiger partial charge is 0.245 e. The maximum atomic E-state index is 12.2. The van der Waals surface area contributed by atoms with Gasteiger partial charge in [0.2, 0.25) is 15.9 Å². The average Bonchev–Trinajstić information content (AvgIpc) is 2.46. The molecule has 5 nitrogen and oxygen atoms in total. The van der Waals surface area contributed by atoms with Gasteiger partial charge in [-0.2, -0.15) is 0 Å². The first-order valence-corrected chi connectivity index (χ1v) is 9.16. The Labute approximate surface area is 144 Å². The minimum absolute atomic E-state index is 0.0848. The van der Waals surface area contributed by atoms with Crippen LogP contribution in [0.4, 0.5) is 11.4 Å². The van der Waals surface area contributed by atoms with Gasteiger partial charge in [0, 0.05) is 5.69 Å². The molecule has 2 aromatic carbocycles. The van der Waals surface area contributed by atoms with Crippen LogP contribution < -0.4 is 9.62 Å². The van der Waals surface area contributed by atoms with Gasteiger partial charge in [-0.25, -0.2) is 8.42 Å². The molecular weight excluding hydrogens is 359 g/mol. The third-order valence-corrected chi connectivity index (χ3v) is 4.65. The number of carbonyl (C=O) groups excluding carboxylic acids is 1. The topological polar surface area (TPSA) is 66.5 Å². The fourth-order valence-corrected chi connectivity index (χ4v) is 3.52. The molecular formula is C15H14Cl2N2O3S. The number of halogens is 2. The van der Waals surface area contributed by atoms with Gasteiger partial charge in [0.15, 0.2) is 0 Å². The van der Waals surface area contributed by atoms with Crippen LogP contribution in [-0.4, -0.2) is 27.1 Å². The molecule has 0 atom stereocenters. The first kappa shape index (κ1) is 17.6. The molecule has 0 saturated heterocycles. The van der Waals surface area contributed by atoms with Crippen molar-refractivity contribution in [2.75, 3.05) is 22.4 Å². The summed E-state index contributed by atoms with van der Waals surface area (Å²) in [6.45, 7) is -0.433. The zero-order valence-electron chi connectivity index (χ0n) is 12.2. The highest BCUT2D eigenvalue weighted by Crippen LogP contribution is 2.34. The van der Waals surface area contributed by atoms with Gasteiger partial charge in [0.05, 0.1) is 22.0 Å². The van der Waals surface area contributed by atoms with E-state index in [1.165, 1.54) is 12.1 Å². The van der Waals surface area contributed by atoms with Gasteiger partial charge in [-0.05, 0) is 24.3 Å². The Morgan fingerprint density at radius 1 is 1.04 bits per heavy atom. The van der Waals surface area contributed by atoms with Crippen molar-refractivity contribution in [3.8, 4) is 0 Å². The standard InChI is InChI=1S/C15H14Cl2N2O3S/c1-23(21,22)19(15-12(16)8-5-9-13(15)17)10-14(20)18-11-6-3-2-4-7-11/h2-9H,10H2,1H3,(H,18,20). The minimum Gasteiger partial charge on any atom is -0.325 e. The van der Waals surface area contributed by atoms with Gasteiger partial charge in [0.25, 0.3) is 0 Å². The number of para-hydroxylation sites is 2. The van der Waals surface area contributed by atoms with Crippen molar-refractivity contribution >= 4 is 50.5 Å². The molecule has 0 aromatic heterocycles. The van der Waals surface area contributed by atoms with Gasteiger partial charge in [-0.1, -0.05) is 47.5 Å². The second-order valence-electron chi connectivity index (χ2n) is 4.75. The van der Waals surface area contributed by atoms with Gasteiger partial charge in [0.1, 0.15) is 6.54 Å². The number of anilines is 2. The van der Waals surface area contributed by atoms with Crippen LogP contribution >= 0.6 is 23.2 Å². The first-order chi connectivity index (χ1) is 10.8. The van der Waals surface area contributed by atoms with Crippen molar-refractivity contribution in [3.05, 3.63) is 58.6 Å². The van der Waals surface area contributed by atoms with E-state index in [0.29, 0.717) is 5.69 Å². The summed E-state index contributed by atoms with van der Waals surface area (Å²) in [6.07, 6.45) is 0.989. The van der Waals surface area contributed by atoms with E-state index < -0.39 is 22.5 Å². The summed E-state index contributed by atoms with van der Waals surface area (Å²) in [4.78, 5) is 12.2. The normalized spacial score (nSPS) is 11.1. The minimum atomic E-state index is -3.75. The fraction of sp³-hybridized carbons (Fsp3) is 0.133. The molecule has 0 saturated carbocycles. The number of carbonyl (C=O) groups is 1. The summed E-state index contributed by atoms with van der Waals surface area (Å²) in [5, 5.41) is 2.92. The molecule has 0 fully saturated rings. The monoisotopic (exact) mass is 372 g/mol. The highest BCUT2D eigenvalue weighted by Gasteiger charge is 2.25. The van der Waals surface area contributed by atoms with Crippen LogP contribution in [0, 0.1) is 0 Å². The van der Waals surface area contributed by atoms with E-state index in [1.807, 2.05) is 6.07 Å². The lowest BCUT2D eigenvalue weighted by atomic mass is 10.3. The van der Waals surface area contributed by atoms with Crippen LogP contribution in [0.25, 0.3) is 0 Å². The highest BCUT2D eigenvalue weighted by atomic mass is 35.5. The molecule has 0 aliphatic heterocycles. The van der Waals surface area contributed by atoms with E-state index >= 15 is 0 Å². The van der Waals surface area contributed by atoms with Crippen molar-refractivity contribution in [1.82, 2.24) is 0 Å². The Kier molecular flexibility index (Phi) is 5.51. The average molecular weight is 373 g/mol. The van der Waals surface area contributed by atoms with E-state index in [1.54, 1.807) is 30.3 Å². The molecule has 122 valence electrons. The first-order valence-electron chi connectivity index (χ1n) is 6.55. The van der Waals surface area contributed by atoms with E-state index in [4.69, 9.17) is 23.2 Å². The van der Waals surface area contributed by atoms with Crippen LogP contribution in [0.3, 0.4) is 0 Å². The van der Waals surface area contributed by atoms with Gasteiger partial charge >= 0.3 is 0 Å². The van der Waals surface area contributed by atoms with Crippen LogP contribution in [0.1, 0.15) is 0 Å². The number of rotatable bonds is 5. The van der Waals surface area contributed by atoms with Gasteiger partial charge in [-0.3, -0.25) is 9.10 Å². The molecule has 0 heterocycles. The van der Waals surface area contributed by atoms with Crippen LogP contribution in [0.15, 0.2) is 48.5 Å². The predicted molar refractivity (Wildman–Crippen MR) is 93.7 cm³/mol. The third-order valence-electron chi connectivity index (χ3n) is 2.93. The van der Waals surface area contributed by atoms with Crippen molar-refractivity contribution in [1.29, 1.82) is 0 Å². The van der Waals surface area contributed by atoms with Crippen LogP contribution in [0.2, 0.25) is 10.0 Å². The lowest BCUT2D eigenvalue weighted by molar-refractivity contribution is -0.114. The van der Waals surface area contributed by atoms with Crippen molar-refractivity contribution in [2.24, 2.45) is 0 Å². The lowest BCUT2D eigenvalue weighted by Gasteiger charge is -2.23. The molecule has 2 aromatic rings. The molecule has 0 bridgehead atoms. The molecule has 2 rings (SSSR count).